The summed E-state index contributed by atoms with van der Waals surface area (Å²) in [4.78, 5) is 44.0. The van der Waals surface area contributed by atoms with Crippen LogP contribution in [0.5, 0.6) is 0 Å². The molecule has 2 amide bonds. The van der Waals surface area contributed by atoms with E-state index in [0.717, 1.165) is 0 Å². The third kappa shape index (κ3) is 6.92. The quantitative estimate of drug-likeness (QED) is 0.411. The average molecular weight is 530 g/mol. The van der Waals surface area contributed by atoms with Crippen molar-refractivity contribution in [3.63, 3.8) is 0 Å². The van der Waals surface area contributed by atoms with Gasteiger partial charge < -0.3 is 24.1 Å². The molecule has 11 nitrogen and oxygen atoms in total. The van der Waals surface area contributed by atoms with Gasteiger partial charge in [-0.2, -0.15) is 0 Å². The number of carbonyl (C=O) groups excluding carboxylic acids is 3. The van der Waals surface area contributed by atoms with Gasteiger partial charge in [-0.1, -0.05) is 42.5 Å². The van der Waals surface area contributed by atoms with E-state index in [1.165, 1.54) is 11.8 Å². The maximum Gasteiger partial charge on any atom is 0.408 e. The standard InChI is InChI=1S/C25H27N3O8S/c1-17(22(29)23-27-19-9-5-6-10-20(19)35-23)26-25(31)36-21(24(30)28-11-13-34-14-12-28)16-37(32,33)15-18-7-3-2-4-8-18/h2-10,17,21H,11-16H2,1H3,(H,26,31)/t17-,21-/m0/s1. The molecule has 2 heterocycles. The summed E-state index contributed by atoms with van der Waals surface area (Å²) in [7, 11) is -3.84. The van der Waals surface area contributed by atoms with Gasteiger partial charge in [0.2, 0.25) is 5.78 Å². The number of alkyl carbamates (subject to hydrolysis) is 1. The van der Waals surface area contributed by atoms with Crippen molar-refractivity contribution >= 4 is 38.7 Å². The van der Waals surface area contributed by atoms with Crippen molar-refractivity contribution in [2.75, 3.05) is 32.1 Å². The summed E-state index contributed by atoms with van der Waals surface area (Å²) >= 11 is 0. The Morgan fingerprint density at radius 2 is 1.73 bits per heavy atom. The molecule has 4 rings (SSSR count). The number of oxazole rings is 1. The first kappa shape index (κ1) is 26.3. The fraction of sp³-hybridized carbons (Fsp3) is 0.360. The van der Waals surface area contributed by atoms with Gasteiger partial charge in [-0.3, -0.25) is 9.59 Å². The maximum absolute atomic E-state index is 13.1. The van der Waals surface area contributed by atoms with E-state index < -0.39 is 45.5 Å². The van der Waals surface area contributed by atoms with Gasteiger partial charge in [0.15, 0.2) is 21.5 Å². The minimum absolute atomic E-state index is 0.194. The molecule has 196 valence electrons. The van der Waals surface area contributed by atoms with Crippen molar-refractivity contribution < 1.29 is 36.7 Å². The number of hydrogen-bond acceptors (Lipinski definition) is 9. The predicted octanol–water partition coefficient (Wildman–Crippen LogP) is 1.97. The fourth-order valence-corrected chi connectivity index (χ4v) is 5.32. The highest BCUT2D eigenvalue weighted by atomic mass is 32.2. The molecule has 0 saturated carbocycles. The first-order valence-corrected chi connectivity index (χ1v) is 13.5. The maximum atomic E-state index is 13.1. The van der Waals surface area contributed by atoms with Crippen molar-refractivity contribution in [3.05, 3.63) is 66.1 Å². The molecule has 0 radical (unpaired) electrons. The topological polar surface area (TPSA) is 145 Å². The molecular weight excluding hydrogens is 502 g/mol. The summed E-state index contributed by atoms with van der Waals surface area (Å²) in [6, 6.07) is 14.2. The summed E-state index contributed by atoms with van der Waals surface area (Å²) in [6.07, 6.45) is -2.71. The van der Waals surface area contributed by atoms with E-state index in [9.17, 15) is 22.8 Å². The average Bonchev–Trinajstić information content (AvgIpc) is 3.32. The number of benzene rings is 2. The predicted molar refractivity (Wildman–Crippen MR) is 133 cm³/mol. The van der Waals surface area contributed by atoms with Gasteiger partial charge in [-0.25, -0.2) is 18.2 Å². The Bertz CT molecular complexity index is 1330. The van der Waals surface area contributed by atoms with E-state index >= 15 is 0 Å². The van der Waals surface area contributed by atoms with E-state index in [0.29, 0.717) is 16.7 Å². The molecule has 1 aromatic heterocycles. The number of carbonyl (C=O) groups is 3. The molecule has 12 heteroatoms. The van der Waals surface area contributed by atoms with Crippen LogP contribution in [0.2, 0.25) is 0 Å². The highest BCUT2D eigenvalue weighted by molar-refractivity contribution is 7.90. The smallest absolute Gasteiger partial charge is 0.408 e. The van der Waals surface area contributed by atoms with Crippen molar-refractivity contribution in [2.24, 2.45) is 0 Å². The molecule has 0 spiro atoms. The number of aromatic nitrogens is 1. The summed E-state index contributed by atoms with van der Waals surface area (Å²) in [6.45, 7) is 2.47. The minimum Gasteiger partial charge on any atom is -0.435 e. The zero-order valence-corrected chi connectivity index (χ0v) is 21.0. The monoisotopic (exact) mass is 529 g/mol. The highest BCUT2D eigenvalue weighted by Crippen LogP contribution is 2.16. The van der Waals surface area contributed by atoms with E-state index in [1.54, 1.807) is 54.6 Å². The van der Waals surface area contributed by atoms with Gasteiger partial charge in [0, 0.05) is 13.1 Å². The molecule has 0 unspecified atom stereocenters. The van der Waals surface area contributed by atoms with Crippen molar-refractivity contribution in [3.8, 4) is 0 Å². The lowest BCUT2D eigenvalue weighted by molar-refractivity contribution is -0.143. The summed E-state index contributed by atoms with van der Waals surface area (Å²) in [5.41, 5.74) is 1.45. The first-order valence-electron chi connectivity index (χ1n) is 11.7. The molecule has 2 atom stereocenters. The largest absolute Gasteiger partial charge is 0.435 e. The number of ether oxygens (including phenoxy) is 2. The number of morpholine rings is 1. The third-order valence-electron chi connectivity index (χ3n) is 5.71. The van der Waals surface area contributed by atoms with Gasteiger partial charge >= 0.3 is 6.09 Å². The van der Waals surface area contributed by atoms with Crippen LogP contribution in [0.4, 0.5) is 4.79 Å². The molecule has 1 aliphatic heterocycles. The number of nitrogens with one attached hydrogen (secondary N) is 1. The lowest BCUT2D eigenvalue weighted by Gasteiger charge is -2.30. The van der Waals surface area contributed by atoms with Crippen LogP contribution < -0.4 is 5.32 Å². The Labute approximate surface area is 213 Å². The van der Waals surface area contributed by atoms with Crippen LogP contribution >= 0.6 is 0 Å². The Hall–Kier alpha value is -3.77. The van der Waals surface area contributed by atoms with E-state index in [-0.39, 0.29) is 37.9 Å². The van der Waals surface area contributed by atoms with Gasteiger partial charge in [-0.15, -0.1) is 0 Å². The number of amides is 2. The molecule has 2 aromatic carbocycles. The number of rotatable bonds is 9. The minimum atomic E-state index is -3.84. The summed E-state index contributed by atoms with van der Waals surface area (Å²) in [5.74, 6) is -2.48. The van der Waals surface area contributed by atoms with E-state index in [4.69, 9.17) is 13.9 Å². The number of ketones is 1. The third-order valence-corrected chi connectivity index (χ3v) is 7.30. The van der Waals surface area contributed by atoms with Crippen LogP contribution in [-0.2, 0) is 29.9 Å². The Morgan fingerprint density at radius 3 is 2.43 bits per heavy atom. The lowest BCUT2D eigenvalue weighted by atomic mass is 10.2. The SMILES string of the molecule is C[C@H](NC(=O)O[C@@H](CS(=O)(=O)Cc1ccccc1)C(=O)N1CCOCC1)C(=O)c1nc2ccccc2o1. The van der Waals surface area contributed by atoms with Crippen LogP contribution in [0.25, 0.3) is 11.1 Å². The zero-order valence-electron chi connectivity index (χ0n) is 20.2. The molecule has 1 N–H and O–H groups in total. The van der Waals surface area contributed by atoms with Crippen LogP contribution in [0.3, 0.4) is 0 Å². The number of nitrogens with zero attached hydrogens (tertiary/aromatic N) is 2. The molecule has 1 saturated heterocycles. The molecular formula is C25H27N3O8S. The van der Waals surface area contributed by atoms with Gasteiger partial charge in [-0.05, 0) is 24.6 Å². The number of Topliss-reactive ketones (excluding diaryl/α,β-unsaturated/α-hetero) is 1. The highest BCUT2D eigenvalue weighted by Gasteiger charge is 2.34. The van der Waals surface area contributed by atoms with E-state index in [1.807, 2.05) is 0 Å². The van der Waals surface area contributed by atoms with Gasteiger partial charge in [0.25, 0.3) is 11.8 Å². The van der Waals surface area contributed by atoms with Crippen molar-refractivity contribution in [1.29, 1.82) is 0 Å². The Balaban J connectivity index is 1.45. The zero-order chi connectivity index (χ0) is 26.4. The van der Waals surface area contributed by atoms with Crippen LogP contribution in [0.1, 0.15) is 23.2 Å². The van der Waals surface area contributed by atoms with Crippen LogP contribution in [0, 0.1) is 0 Å². The summed E-state index contributed by atoms with van der Waals surface area (Å²) < 4.78 is 41.8. The molecule has 1 fully saturated rings. The molecule has 1 aliphatic rings. The molecule has 3 aromatic rings. The number of sulfone groups is 1. The van der Waals surface area contributed by atoms with Crippen molar-refractivity contribution in [1.82, 2.24) is 15.2 Å². The van der Waals surface area contributed by atoms with E-state index in [2.05, 4.69) is 10.3 Å². The molecule has 37 heavy (non-hydrogen) atoms. The second-order valence-electron chi connectivity index (χ2n) is 8.59. The van der Waals surface area contributed by atoms with Crippen LogP contribution in [0.15, 0.2) is 59.0 Å². The first-order chi connectivity index (χ1) is 17.7. The van der Waals surface area contributed by atoms with Gasteiger partial charge in [0.05, 0.1) is 30.8 Å². The summed E-state index contributed by atoms with van der Waals surface area (Å²) in [5, 5.41) is 2.35. The normalized spacial score (nSPS) is 15.6. The van der Waals surface area contributed by atoms with Gasteiger partial charge in [0.1, 0.15) is 5.52 Å². The van der Waals surface area contributed by atoms with Crippen molar-refractivity contribution in [2.45, 2.75) is 24.8 Å². The number of fused-ring (bicyclic) bond motifs is 1. The Kier molecular flexibility index (Phi) is 8.19. The molecule has 0 bridgehead atoms. The molecule has 0 aliphatic carbocycles. The number of para-hydroxylation sites is 2. The van der Waals surface area contributed by atoms with Crippen LogP contribution in [-0.4, -0.2) is 80.3 Å². The number of hydrogen-bond donors (Lipinski definition) is 1. The Morgan fingerprint density at radius 1 is 1.05 bits per heavy atom. The second kappa shape index (κ2) is 11.5. The second-order valence-corrected chi connectivity index (χ2v) is 10.7. The fourth-order valence-electron chi connectivity index (χ4n) is 3.83. The lowest BCUT2D eigenvalue weighted by Crippen LogP contribution is -2.50.